The second-order valence-corrected chi connectivity index (χ2v) is 11.1. The second-order valence-electron chi connectivity index (χ2n) is 9.96. The SMILES string of the molecule is CCOc1ccccc1/C=C(\NC(=O)c1ccccc1)C(=O)Nc1ccc(SC(C(=O)Nc2ccncc2)c2ccccc2)cc1. The van der Waals surface area contributed by atoms with Gasteiger partial charge in [0.25, 0.3) is 11.8 Å². The largest absolute Gasteiger partial charge is 0.493 e. The molecule has 3 amide bonds. The van der Waals surface area contributed by atoms with E-state index in [4.69, 9.17) is 4.74 Å². The van der Waals surface area contributed by atoms with Gasteiger partial charge in [0.1, 0.15) is 16.7 Å². The van der Waals surface area contributed by atoms with E-state index in [1.54, 1.807) is 73.1 Å². The summed E-state index contributed by atoms with van der Waals surface area (Å²) in [6.45, 7) is 2.33. The maximum atomic E-state index is 13.6. The highest BCUT2D eigenvalue weighted by Gasteiger charge is 2.22. The van der Waals surface area contributed by atoms with Crippen molar-refractivity contribution in [3.63, 3.8) is 0 Å². The maximum absolute atomic E-state index is 13.6. The number of para-hydroxylation sites is 1. The van der Waals surface area contributed by atoms with Crippen molar-refractivity contribution in [1.82, 2.24) is 10.3 Å². The molecule has 1 unspecified atom stereocenters. The van der Waals surface area contributed by atoms with Crippen LogP contribution in [0.1, 0.15) is 33.7 Å². The molecule has 5 aromatic rings. The predicted octanol–water partition coefficient (Wildman–Crippen LogP) is 7.36. The Morgan fingerprint density at radius 3 is 2.09 bits per heavy atom. The number of thioether (sulfide) groups is 1. The molecule has 1 heterocycles. The van der Waals surface area contributed by atoms with Gasteiger partial charge in [0.05, 0.1) is 6.61 Å². The van der Waals surface area contributed by atoms with Gasteiger partial charge in [-0.1, -0.05) is 66.7 Å². The molecule has 0 aliphatic heterocycles. The third kappa shape index (κ3) is 8.71. The minimum absolute atomic E-state index is 0.0522. The second kappa shape index (κ2) is 15.9. The van der Waals surface area contributed by atoms with Gasteiger partial charge in [0.15, 0.2) is 0 Å². The summed E-state index contributed by atoms with van der Waals surface area (Å²) in [4.78, 5) is 44.8. The first-order valence-electron chi connectivity index (χ1n) is 14.6. The Morgan fingerprint density at radius 1 is 0.761 bits per heavy atom. The van der Waals surface area contributed by atoms with Crippen LogP contribution in [0.25, 0.3) is 6.08 Å². The number of ether oxygens (including phenoxy) is 1. The zero-order valence-corrected chi connectivity index (χ0v) is 25.9. The predicted molar refractivity (Wildman–Crippen MR) is 182 cm³/mol. The lowest BCUT2D eigenvalue weighted by atomic mass is 10.1. The van der Waals surface area contributed by atoms with Crippen LogP contribution in [-0.2, 0) is 9.59 Å². The highest BCUT2D eigenvalue weighted by molar-refractivity contribution is 8.00. The van der Waals surface area contributed by atoms with Crippen LogP contribution in [0.4, 0.5) is 11.4 Å². The van der Waals surface area contributed by atoms with E-state index in [1.807, 2.05) is 73.7 Å². The number of carbonyl (C=O) groups excluding carboxylic acids is 3. The monoisotopic (exact) mass is 628 g/mol. The summed E-state index contributed by atoms with van der Waals surface area (Å²) in [7, 11) is 0. The molecule has 230 valence electrons. The number of aromatic nitrogens is 1. The Kier molecular flexibility index (Phi) is 11.0. The molecule has 9 heteroatoms. The van der Waals surface area contributed by atoms with Crippen LogP contribution in [0, 0.1) is 0 Å². The summed E-state index contributed by atoms with van der Waals surface area (Å²) in [6, 6.07) is 36.2. The van der Waals surface area contributed by atoms with E-state index >= 15 is 0 Å². The third-order valence-corrected chi connectivity index (χ3v) is 7.97. The van der Waals surface area contributed by atoms with Crippen LogP contribution in [0.5, 0.6) is 5.75 Å². The summed E-state index contributed by atoms with van der Waals surface area (Å²) in [6.07, 6.45) is 4.84. The standard InChI is InChI=1S/C37H32N4O4S/c1-2-45-33-16-10-9-15-28(33)25-32(41-35(42)27-13-7-4-8-14-27)36(43)39-29-17-19-31(20-18-29)46-34(26-11-5-3-6-12-26)37(44)40-30-21-23-38-24-22-30/h3-25,34H,2H2,1H3,(H,39,43)(H,41,42)(H,38,40,44)/b32-25-. The van der Waals surface area contributed by atoms with Crippen LogP contribution in [0.3, 0.4) is 0 Å². The highest BCUT2D eigenvalue weighted by atomic mass is 32.2. The van der Waals surface area contributed by atoms with E-state index in [9.17, 15) is 14.4 Å². The fourth-order valence-corrected chi connectivity index (χ4v) is 5.50. The number of amides is 3. The number of carbonyl (C=O) groups is 3. The molecule has 0 aliphatic rings. The Bertz CT molecular complexity index is 1800. The molecule has 1 aromatic heterocycles. The van der Waals surface area contributed by atoms with Gasteiger partial charge in [-0.2, -0.15) is 0 Å². The summed E-state index contributed by atoms with van der Waals surface area (Å²) in [5.74, 6) is -0.503. The van der Waals surface area contributed by atoms with Crippen molar-refractivity contribution in [3.8, 4) is 5.75 Å². The lowest BCUT2D eigenvalue weighted by molar-refractivity contribution is -0.116. The summed E-state index contributed by atoms with van der Waals surface area (Å²) in [5, 5.41) is 8.08. The van der Waals surface area contributed by atoms with Crippen molar-refractivity contribution >= 4 is 46.9 Å². The van der Waals surface area contributed by atoms with Gasteiger partial charge in [-0.15, -0.1) is 11.8 Å². The minimum Gasteiger partial charge on any atom is -0.493 e. The van der Waals surface area contributed by atoms with Crippen LogP contribution >= 0.6 is 11.8 Å². The number of nitrogens with one attached hydrogen (secondary N) is 3. The van der Waals surface area contributed by atoms with Gasteiger partial charge in [-0.05, 0) is 73.2 Å². The van der Waals surface area contributed by atoms with E-state index in [-0.39, 0.29) is 11.6 Å². The molecule has 8 nitrogen and oxygen atoms in total. The number of nitrogens with zero attached hydrogens (tertiary/aromatic N) is 1. The molecular weight excluding hydrogens is 596 g/mol. The molecule has 1 atom stereocenters. The highest BCUT2D eigenvalue weighted by Crippen LogP contribution is 2.36. The first-order valence-corrected chi connectivity index (χ1v) is 15.5. The molecule has 46 heavy (non-hydrogen) atoms. The van der Waals surface area contributed by atoms with Crippen LogP contribution in [0.2, 0.25) is 0 Å². The maximum Gasteiger partial charge on any atom is 0.272 e. The molecule has 0 fully saturated rings. The van der Waals surface area contributed by atoms with Gasteiger partial charge in [0.2, 0.25) is 5.91 Å². The van der Waals surface area contributed by atoms with Crippen molar-refractivity contribution in [2.24, 2.45) is 0 Å². The van der Waals surface area contributed by atoms with Gasteiger partial charge in [-0.3, -0.25) is 19.4 Å². The fraction of sp³-hybridized carbons (Fsp3) is 0.0811. The normalized spacial score (nSPS) is 11.6. The Labute approximate surface area is 271 Å². The molecule has 5 rings (SSSR count). The smallest absolute Gasteiger partial charge is 0.272 e. The lowest BCUT2D eigenvalue weighted by Crippen LogP contribution is -2.30. The van der Waals surface area contributed by atoms with Gasteiger partial charge in [0, 0.05) is 39.8 Å². The van der Waals surface area contributed by atoms with Crippen molar-refractivity contribution in [2.75, 3.05) is 17.2 Å². The van der Waals surface area contributed by atoms with Crippen molar-refractivity contribution < 1.29 is 19.1 Å². The first kappa shape index (κ1) is 31.7. The topological polar surface area (TPSA) is 109 Å². The van der Waals surface area contributed by atoms with E-state index in [0.29, 0.717) is 34.9 Å². The Morgan fingerprint density at radius 2 is 1.39 bits per heavy atom. The van der Waals surface area contributed by atoms with Gasteiger partial charge >= 0.3 is 0 Å². The molecule has 0 spiro atoms. The molecule has 0 radical (unpaired) electrons. The quantitative estimate of drug-likeness (QED) is 0.0984. The zero-order valence-electron chi connectivity index (χ0n) is 25.1. The Balaban J connectivity index is 1.34. The number of anilines is 2. The molecule has 0 bridgehead atoms. The number of hydrogen-bond acceptors (Lipinski definition) is 6. The van der Waals surface area contributed by atoms with E-state index < -0.39 is 17.1 Å². The van der Waals surface area contributed by atoms with Gasteiger partial charge in [-0.25, -0.2) is 0 Å². The van der Waals surface area contributed by atoms with E-state index in [2.05, 4.69) is 20.9 Å². The van der Waals surface area contributed by atoms with Crippen LogP contribution in [0.15, 0.2) is 144 Å². The summed E-state index contributed by atoms with van der Waals surface area (Å²) in [5.41, 5.74) is 3.15. The van der Waals surface area contributed by atoms with E-state index in [1.165, 1.54) is 11.8 Å². The number of rotatable bonds is 12. The van der Waals surface area contributed by atoms with Crippen LogP contribution < -0.4 is 20.7 Å². The van der Waals surface area contributed by atoms with Crippen molar-refractivity contribution in [1.29, 1.82) is 0 Å². The van der Waals surface area contributed by atoms with Crippen molar-refractivity contribution in [3.05, 3.63) is 156 Å². The average Bonchev–Trinajstić information content (AvgIpc) is 3.09. The molecule has 3 N–H and O–H groups in total. The molecule has 0 saturated heterocycles. The molecule has 0 saturated carbocycles. The molecule has 0 aliphatic carbocycles. The third-order valence-electron chi connectivity index (χ3n) is 6.70. The van der Waals surface area contributed by atoms with Crippen molar-refractivity contribution in [2.45, 2.75) is 17.1 Å². The number of hydrogen-bond donors (Lipinski definition) is 3. The zero-order chi connectivity index (χ0) is 32.1. The lowest BCUT2D eigenvalue weighted by Gasteiger charge is -2.17. The minimum atomic E-state index is -0.525. The fourth-order valence-electron chi connectivity index (χ4n) is 4.48. The number of pyridine rings is 1. The summed E-state index contributed by atoms with van der Waals surface area (Å²) < 4.78 is 5.73. The van der Waals surface area contributed by atoms with Gasteiger partial charge < -0.3 is 20.7 Å². The van der Waals surface area contributed by atoms with Crippen LogP contribution in [-0.4, -0.2) is 29.3 Å². The number of benzene rings is 4. The summed E-state index contributed by atoms with van der Waals surface area (Å²) >= 11 is 1.39. The molecular formula is C37H32N4O4S. The average molecular weight is 629 g/mol. The first-order chi connectivity index (χ1) is 22.5. The Hall–Kier alpha value is -5.67. The molecule has 4 aromatic carbocycles. The van der Waals surface area contributed by atoms with E-state index in [0.717, 1.165) is 10.5 Å².